The van der Waals surface area contributed by atoms with Gasteiger partial charge in [0.25, 0.3) is 0 Å². The molecule has 0 aliphatic rings. The number of methoxy groups -OCH3 is 1. The van der Waals surface area contributed by atoms with Gasteiger partial charge >= 0.3 is 0 Å². The Bertz CT molecular complexity index is 813. The Morgan fingerprint density at radius 2 is 1.92 bits per heavy atom. The highest BCUT2D eigenvalue weighted by molar-refractivity contribution is 6.28. The number of nitrogens with one attached hydrogen (secondary N) is 1. The van der Waals surface area contributed by atoms with Crippen LogP contribution in [0.5, 0.6) is 11.5 Å². The van der Waals surface area contributed by atoms with Crippen LogP contribution in [-0.2, 0) is 13.2 Å². The zero-order valence-electron chi connectivity index (χ0n) is 13.6. The van der Waals surface area contributed by atoms with Gasteiger partial charge in [0.05, 0.1) is 19.0 Å². The van der Waals surface area contributed by atoms with Crippen molar-refractivity contribution in [3.63, 3.8) is 0 Å². The van der Waals surface area contributed by atoms with Crippen molar-refractivity contribution in [1.82, 2.24) is 15.0 Å². The van der Waals surface area contributed by atoms with Gasteiger partial charge in [-0.15, -0.1) is 0 Å². The van der Waals surface area contributed by atoms with Crippen LogP contribution in [0.2, 0.25) is 5.28 Å². The van der Waals surface area contributed by atoms with Gasteiger partial charge in [-0.3, -0.25) is 4.98 Å². The van der Waals surface area contributed by atoms with Crippen molar-refractivity contribution in [2.75, 3.05) is 12.4 Å². The fraction of sp³-hybridized carbons (Fsp3) is 0.167. The quantitative estimate of drug-likeness (QED) is 0.650. The SMILES string of the molecule is COc1cnc(Cl)nc1NCc1ccc(OCc2ccccn2)cc1. The lowest BCUT2D eigenvalue weighted by molar-refractivity contribution is 0.301. The predicted octanol–water partition coefficient (Wildman–Crippen LogP) is 3.72. The molecule has 0 saturated heterocycles. The normalized spacial score (nSPS) is 10.3. The summed E-state index contributed by atoms with van der Waals surface area (Å²) in [7, 11) is 1.56. The lowest BCUT2D eigenvalue weighted by Crippen LogP contribution is -2.04. The zero-order chi connectivity index (χ0) is 17.5. The molecule has 128 valence electrons. The number of ether oxygens (including phenoxy) is 2. The summed E-state index contributed by atoms with van der Waals surface area (Å²) in [6, 6.07) is 13.6. The minimum Gasteiger partial charge on any atom is -0.491 e. The van der Waals surface area contributed by atoms with Crippen molar-refractivity contribution >= 4 is 17.4 Å². The van der Waals surface area contributed by atoms with E-state index < -0.39 is 0 Å². The van der Waals surface area contributed by atoms with Gasteiger partial charge in [0, 0.05) is 12.7 Å². The molecule has 3 rings (SSSR count). The Balaban J connectivity index is 1.57. The van der Waals surface area contributed by atoms with Gasteiger partial charge in [0.1, 0.15) is 12.4 Å². The number of halogens is 1. The third-order valence-corrected chi connectivity index (χ3v) is 3.62. The highest BCUT2D eigenvalue weighted by Gasteiger charge is 2.06. The Morgan fingerprint density at radius 3 is 2.64 bits per heavy atom. The summed E-state index contributed by atoms with van der Waals surface area (Å²) in [5.74, 6) is 1.88. The molecule has 0 spiro atoms. The molecule has 6 nitrogen and oxygen atoms in total. The third-order valence-electron chi connectivity index (χ3n) is 3.44. The van der Waals surface area contributed by atoms with Gasteiger partial charge < -0.3 is 14.8 Å². The number of anilines is 1. The maximum absolute atomic E-state index is 5.82. The Hall–Kier alpha value is -2.86. The molecule has 2 aromatic heterocycles. The first-order valence-corrected chi connectivity index (χ1v) is 8.04. The number of rotatable bonds is 7. The molecule has 25 heavy (non-hydrogen) atoms. The summed E-state index contributed by atoms with van der Waals surface area (Å²) >= 11 is 5.82. The Morgan fingerprint density at radius 1 is 1.08 bits per heavy atom. The molecule has 7 heteroatoms. The van der Waals surface area contributed by atoms with Gasteiger partial charge in [-0.05, 0) is 41.4 Å². The highest BCUT2D eigenvalue weighted by Crippen LogP contribution is 2.22. The predicted molar refractivity (Wildman–Crippen MR) is 95.9 cm³/mol. The molecule has 3 aromatic rings. The van der Waals surface area contributed by atoms with Crippen molar-refractivity contribution in [1.29, 1.82) is 0 Å². The average Bonchev–Trinajstić information content (AvgIpc) is 2.66. The summed E-state index contributed by atoms with van der Waals surface area (Å²) in [5, 5.41) is 3.36. The first kappa shape index (κ1) is 17.0. The van der Waals surface area contributed by atoms with Gasteiger partial charge in [-0.1, -0.05) is 18.2 Å². The second-order valence-electron chi connectivity index (χ2n) is 5.16. The molecule has 0 bridgehead atoms. The molecule has 0 aliphatic heterocycles. The highest BCUT2D eigenvalue weighted by atomic mass is 35.5. The smallest absolute Gasteiger partial charge is 0.224 e. The topological polar surface area (TPSA) is 69.2 Å². The molecule has 0 fully saturated rings. The molecule has 1 aromatic carbocycles. The maximum atomic E-state index is 5.82. The fourth-order valence-electron chi connectivity index (χ4n) is 2.16. The van der Waals surface area contributed by atoms with E-state index >= 15 is 0 Å². The molecular weight excluding hydrogens is 340 g/mol. The standard InChI is InChI=1S/C18H17ClN4O2/c1-24-16-11-22-18(19)23-17(16)21-10-13-5-7-15(8-6-13)25-12-14-4-2-3-9-20-14/h2-9,11H,10,12H2,1H3,(H,21,22,23). The molecular formula is C18H17ClN4O2. The van der Waals surface area contributed by atoms with E-state index in [1.54, 1.807) is 13.3 Å². The molecule has 0 aliphatic carbocycles. The van der Waals surface area contributed by atoms with Crippen molar-refractivity contribution in [2.24, 2.45) is 0 Å². The van der Waals surface area contributed by atoms with Crippen LogP contribution in [0, 0.1) is 0 Å². The summed E-state index contributed by atoms with van der Waals surface area (Å²) < 4.78 is 10.9. The Kier molecular flexibility index (Phi) is 5.64. The molecule has 0 radical (unpaired) electrons. The van der Waals surface area contributed by atoms with Gasteiger partial charge in [-0.25, -0.2) is 4.98 Å². The number of benzene rings is 1. The molecule has 0 saturated carbocycles. The first-order valence-electron chi connectivity index (χ1n) is 7.66. The van der Waals surface area contributed by atoms with Crippen molar-refractivity contribution in [3.05, 3.63) is 71.4 Å². The summed E-state index contributed by atoms with van der Waals surface area (Å²) in [6.07, 6.45) is 3.29. The Labute approximate surface area is 150 Å². The largest absolute Gasteiger partial charge is 0.491 e. The van der Waals surface area contributed by atoms with Gasteiger partial charge in [-0.2, -0.15) is 4.98 Å². The van der Waals surface area contributed by atoms with Crippen LogP contribution in [0.3, 0.4) is 0 Å². The second-order valence-corrected chi connectivity index (χ2v) is 5.50. The van der Waals surface area contributed by atoms with E-state index in [0.29, 0.717) is 24.7 Å². The lowest BCUT2D eigenvalue weighted by atomic mass is 10.2. The molecule has 1 N–H and O–H groups in total. The molecule has 0 amide bonds. The average molecular weight is 357 g/mol. The second kappa shape index (κ2) is 8.30. The van der Waals surface area contributed by atoms with Crippen LogP contribution in [0.1, 0.15) is 11.3 Å². The van der Waals surface area contributed by atoms with E-state index in [1.165, 1.54) is 6.20 Å². The number of pyridine rings is 1. The zero-order valence-corrected chi connectivity index (χ0v) is 14.4. The van der Waals surface area contributed by atoms with E-state index in [2.05, 4.69) is 20.3 Å². The van der Waals surface area contributed by atoms with Crippen LogP contribution in [0.4, 0.5) is 5.82 Å². The first-order chi connectivity index (χ1) is 12.2. The van der Waals surface area contributed by atoms with Gasteiger partial charge in [0.2, 0.25) is 5.28 Å². The lowest BCUT2D eigenvalue weighted by Gasteiger charge is -2.10. The van der Waals surface area contributed by atoms with Crippen LogP contribution in [0.15, 0.2) is 54.9 Å². The summed E-state index contributed by atoms with van der Waals surface area (Å²) in [5.41, 5.74) is 1.96. The van der Waals surface area contributed by atoms with Crippen LogP contribution in [0.25, 0.3) is 0 Å². The van der Waals surface area contributed by atoms with Crippen molar-refractivity contribution in [2.45, 2.75) is 13.2 Å². The van der Waals surface area contributed by atoms with Crippen molar-refractivity contribution < 1.29 is 9.47 Å². The monoisotopic (exact) mass is 356 g/mol. The molecule has 0 atom stereocenters. The minimum atomic E-state index is 0.168. The maximum Gasteiger partial charge on any atom is 0.224 e. The van der Waals surface area contributed by atoms with Gasteiger partial charge in [0.15, 0.2) is 11.6 Å². The number of hydrogen-bond acceptors (Lipinski definition) is 6. The van der Waals surface area contributed by atoms with Crippen molar-refractivity contribution in [3.8, 4) is 11.5 Å². The number of aromatic nitrogens is 3. The van der Waals surface area contributed by atoms with Crippen LogP contribution >= 0.6 is 11.6 Å². The number of hydrogen-bond donors (Lipinski definition) is 1. The number of nitrogens with zero attached hydrogens (tertiary/aromatic N) is 3. The molecule has 2 heterocycles. The third kappa shape index (κ3) is 4.81. The van der Waals surface area contributed by atoms with E-state index in [0.717, 1.165) is 17.0 Å². The minimum absolute atomic E-state index is 0.168. The van der Waals surface area contributed by atoms with E-state index in [1.807, 2.05) is 42.5 Å². The van der Waals surface area contributed by atoms with E-state index in [4.69, 9.17) is 21.1 Å². The summed E-state index contributed by atoms with van der Waals surface area (Å²) in [4.78, 5) is 12.2. The summed E-state index contributed by atoms with van der Waals surface area (Å²) in [6.45, 7) is 1.01. The van der Waals surface area contributed by atoms with E-state index in [9.17, 15) is 0 Å². The van der Waals surface area contributed by atoms with E-state index in [-0.39, 0.29) is 5.28 Å². The molecule has 0 unspecified atom stereocenters. The van der Waals surface area contributed by atoms with Crippen LogP contribution < -0.4 is 14.8 Å². The van der Waals surface area contributed by atoms with Crippen LogP contribution in [-0.4, -0.2) is 22.1 Å². The fourth-order valence-corrected chi connectivity index (χ4v) is 2.29.